The van der Waals surface area contributed by atoms with E-state index < -0.39 is 15.8 Å². The van der Waals surface area contributed by atoms with Crippen LogP contribution < -0.4 is 10.0 Å². The average Bonchev–Trinajstić information content (AvgIpc) is 2.38. The van der Waals surface area contributed by atoms with Crippen molar-refractivity contribution >= 4 is 66.3 Å². The number of hydrogen-bond donors (Lipinski definition) is 2. The van der Waals surface area contributed by atoms with Crippen molar-refractivity contribution in [3.63, 3.8) is 0 Å². The van der Waals surface area contributed by atoms with Crippen molar-refractivity contribution in [2.45, 2.75) is 0 Å². The Hall–Kier alpha value is -1.16. The largest absolute Gasteiger partial charge is 0.337 e. The van der Waals surface area contributed by atoms with E-state index in [0.717, 1.165) is 12.3 Å². The van der Waals surface area contributed by atoms with Gasteiger partial charge in [0.25, 0.3) is 0 Å². The molecule has 11 heteroatoms. The SMILES string of the molecule is CS(=O)(=O)Nc1cc(F)c(Cl)cc1Nc1nc(Cl)ncc1Br. The van der Waals surface area contributed by atoms with Crippen molar-refractivity contribution < 1.29 is 12.8 Å². The van der Waals surface area contributed by atoms with Crippen molar-refractivity contribution in [2.75, 3.05) is 16.3 Å². The van der Waals surface area contributed by atoms with E-state index >= 15 is 0 Å². The predicted molar refractivity (Wildman–Crippen MR) is 87.9 cm³/mol. The summed E-state index contributed by atoms with van der Waals surface area (Å²) in [4.78, 5) is 7.70. The lowest BCUT2D eigenvalue weighted by atomic mass is 10.2. The molecule has 1 aromatic heterocycles. The van der Waals surface area contributed by atoms with Gasteiger partial charge >= 0.3 is 0 Å². The molecule has 0 bridgehead atoms. The smallest absolute Gasteiger partial charge is 0.229 e. The molecule has 1 heterocycles. The highest BCUT2D eigenvalue weighted by Gasteiger charge is 2.14. The summed E-state index contributed by atoms with van der Waals surface area (Å²) < 4.78 is 39.0. The van der Waals surface area contributed by atoms with E-state index in [-0.39, 0.29) is 27.5 Å². The first-order valence-corrected chi connectivity index (χ1v) is 9.01. The topological polar surface area (TPSA) is 84.0 Å². The molecule has 0 unspecified atom stereocenters. The number of sulfonamides is 1. The summed E-state index contributed by atoms with van der Waals surface area (Å²) in [5, 5.41) is 2.61. The number of halogens is 4. The van der Waals surface area contributed by atoms with Gasteiger partial charge in [0.1, 0.15) is 11.6 Å². The van der Waals surface area contributed by atoms with Crippen molar-refractivity contribution in [3.8, 4) is 0 Å². The molecule has 0 saturated heterocycles. The highest BCUT2D eigenvalue weighted by atomic mass is 79.9. The predicted octanol–water partition coefficient (Wildman–Crippen LogP) is 3.80. The van der Waals surface area contributed by atoms with E-state index in [4.69, 9.17) is 23.2 Å². The average molecular weight is 430 g/mol. The van der Waals surface area contributed by atoms with Gasteiger partial charge in [0.05, 0.1) is 27.1 Å². The second-order valence-electron chi connectivity index (χ2n) is 4.15. The molecule has 0 aliphatic rings. The zero-order valence-electron chi connectivity index (χ0n) is 10.9. The van der Waals surface area contributed by atoms with Crippen LogP contribution >= 0.6 is 39.1 Å². The van der Waals surface area contributed by atoms with Gasteiger partial charge in [-0.1, -0.05) is 11.6 Å². The molecule has 2 rings (SSSR count). The fourth-order valence-corrected chi connectivity index (χ4v) is 2.65. The lowest BCUT2D eigenvalue weighted by Gasteiger charge is -2.14. The fourth-order valence-electron chi connectivity index (χ4n) is 1.50. The van der Waals surface area contributed by atoms with Gasteiger partial charge in [0.2, 0.25) is 15.3 Å². The van der Waals surface area contributed by atoms with Crippen LogP contribution in [-0.4, -0.2) is 24.6 Å². The lowest BCUT2D eigenvalue weighted by Crippen LogP contribution is -2.12. The van der Waals surface area contributed by atoms with Gasteiger partial charge in [-0.05, 0) is 33.6 Å². The summed E-state index contributed by atoms with van der Waals surface area (Å²) in [6.45, 7) is 0. The van der Waals surface area contributed by atoms with Crippen LogP contribution in [-0.2, 0) is 10.0 Å². The quantitative estimate of drug-likeness (QED) is 0.722. The molecule has 0 aliphatic carbocycles. The second-order valence-corrected chi connectivity index (χ2v) is 7.49. The maximum atomic E-state index is 13.6. The molecule has 0 amide bonds. The third-order valence-electron chi connectivity index (χ3n) is 2.32. The summed E-state index contributed by atoms with van der Waals surface area (Å²) >= 11 is 14.7. The summed E-state index contributed by atoms with van der Waals surface area (Å²) in [7, 11) is -3.61. The first-order chi connectivity index (χ1) is 10.2. The maximum Gasteiger partial charge on any atom is 0.229 e. The molecule has 0 radical (unpaired) electrons. The molecule has 6 nitrogen and oxygen atoms in total. The standard InChI is InChI=1S/C11H8BrCl2FN4O2S/c1-22(20,21)19-9-3-7(15)6(13)2-8(9)17-10-5(12)4-16-11(14)18-10/h2-4,19H,1H3,(H,16,17,18). The third kappa shape index (κ3) is 4.42. The second kappa shape index (κ2) is 6.53. The van der Waals surface area contributed by atoms with Gasteiger partial charge in [-0.25, -0.2) is 17.8 Å². The van der Waals surface area contributed by atoms with Gasteiger partial charge in [0, 0.05) is 12.3 Å². The molecular formula is C11H8BrCl2FN4O2S. The van der Waals surface area contributed by atoms with E-state index in [0.29, 0.717) is 4.47 Å². The van der Waals surface area contributed by atoms with Crippen LogP contribution in [0.5, 0.6) is 0 Å². The number of benzene rings is 1. The molecule has 22 heavy (non-hydrogen) atoms. The number of nitrogens with zero attached hydrogens (tertiary/aromatic N) is 2. The maximum absolute atomic E-state index is 13.6. The highest BCUT2D eigenvalue weighted by Crippen LogP contribution is 2.33. The fraction of sp³-hybridized carbons (Fsp3) is 0.0909. The Morgan fingerprint density at radius 3 is 2.59 bits per heavy atom. The molecule has 0 aliphatic heterocycles. The summed E-state index contributed by atoms with van der Waals surface area (Å²) in [6.07, 6.45) is 2.35. The summed E-state index contributed by atoms with van der Waals surface area (Å²) in [6, 6.07) is 2.19. The summed E-state index contributed by atoms with van der Waals surface area (Å²) in [5.74, 6) is -0.502. The Labute approximate surface area is 144 Å². The molecule has 0 fully saturated rings. The van der Waals surface area contributed by atoms with Crippen molar-refractivity contribution in [2.24, 2.45) is 0 Å². The van der Waals surface area contributed by atoms with Gasteiger partial charge in [-0.3, -0.25) is 4.72 Å². The minimum absolute atomic E-state index is 0.0171. The van der Waals surface area contributed by atoms with Crippen LogP contribution in [0.4, 0.5) is 21.6 Å². The molecule has 2 aromatic rings. The molecular weight excluding hydrogens is 422 g/mol. The van der Waals surface area contributed by atoms with Crippen LogP contribution in [0.2, 0.25) is 10.3 Å². The van der Waals surface area contributed by atoms with Crippen molar-refractivity contribution in [1.29, 1.82) is 0 Å². The normalized spacial score (nSPS) is 11.3. The van der Waals surface area contributed by atoms with Crippen LogP contribution in [0.3, 0.4) is 0 Å². The monoisotopic (exact) mass is 428 g/mol. The number of nitrogens with one attached hydrogen (secondary N) is 2. The minimum Gasteiger partial charge on any atom is -0.337 e. The van der Waals surface area contributed by atoms with Gasteiger partial charge < -0.3 is 5.32 Å². The zero-order valence-corrected chi connectivity index (χ0v) is 14.8. The van der Waals surface area contributed by atoms with Crippen LogP contribution in [0.15, 0.2) is 22.8 Å². The van der Waals surface area contributed by atoms with Gasteiger partial charge in [-0.2, -0.15) is 4.98 Å². The lowest BCUT2D eigenvalue weighted by molar-refractivity contribution is 0.606. The van der Waals surface area contributed by atoms with Gasteiger partial charge in [0.15, 0.2) is 0 Å². The Morgan fingerprint density at radius 2 is 1.95 bits per heavy atom. The number of aromatic nitrogens is 2. The Balaban J connectivity index is 2.49. The van der Waals surface area contributed by atoms with Crippen LogP contribution in [0, 0.1) is 5.82 Å². The zero-order chi connectivity index (χ0) is 16.5. The Bertz CT molecular complexity index is 835. The van der Waals surface area contributed by atoms with E-state index in [1.54, 1.807) is 0 Å². The Morgan fingerprint density at radius 1 is 1.27 bits per heavy atom. The third-order valence-corrected chi connectivity index (χ3v) is 3.97. The highest BCUT2D eigenvalue weighted by molar-refractivity contribution is 9.10. The van der Waals surface area contributed by atoms with E-state index in [1.165, 1.54) is 12.3 Å². The Kier molecular flexibility index (Phi) is 5.10. The van der Waals surface area contributed by atoms with E-state index in [2.05, 4.69) is 35.9 Å². The summed E-state index contributed by atoms with van der Waals surface area (Å²) in [5.41, 5.74) is 0.179. The first kappa shape index (κ1) is 17.2. The van der Waals surface area contributed by atoms with E-state index in [9.17, 15) is 12.8 Å². The molecule has 118 valence electrons. The molecule has 0 atom stereocenters. The first-order valence-electron chi connectivity index (χ1n) is 5.57. The minimum atomic E-state index is -3.61. The van der Waals surface area contributed by atoms with Crippen molar-refractivity contribution in [1.82, 2.24) is 9.97 Å². The number of rotatable bonds is 4. The molecule has 2 N–H and O–H groups in total. The van der Waals surface area contributed by atoms with Crippen LogP contribution in [0.1, 0.15) is 0 Å². The number of anilines is 3. The van der Waals surface area contributed by atoms with E-state index in [1.807, 2.05) is 0 Å². The van der Waals surface area contributed by atoms with Crippen molar-refractivity contribution in [3.05, 3.63) is 38.9 Å². The molecule has 1 aromatic carbocycles. The van der Waals surface area contributed by atoms with Gasteiger partial charge in [-0.15, -0.1) is 0 Å². The molecule has 0 spiro atoms. The molecule has 0 saturated carbocycles. The number of hydrogen-bond acceptors (Lipinski definition) is 5. The van der Waals surface area contributed by atoms with Crippen LogP contribution in [0.25, 0.3) is 0 Å².